The van der Waals surface area contributed by atoms with Crippen molar-refractivity contribution in [2.75, 3.05) is 9.80 Å². The Morgan fingerprint density at radius 1 is 0.300 bits per heavy atom. The van der Waals surface area contributed by atoms with Crippen LogP contribution in [-0.4, -0.2) is 0 Å². The molecule has 0 atom stereocenters. The third kappa shape index (κ3) is 5.63. The SMILES string of the molecule is Cc1ccccc1N(c1cc2sc3c(ccc4c3sc3cc(N(c5ccccc5C)c5cccc6c5oc5ccccc56)c5ccccc5c34)c2c2ccccc12)c1cccc2c1oc1ccccc12. The number of hydrogen-bond acceptors (Lipinski definition) is 6. The summed E-state index contributed by atoms with van der Waals surface area (Å²) in [7, 11) is 0. The van der Waals surface area contributed by atoms with Gasteiger partial charge in [-0.2, -0.15) is 0 Å². The van der Waals surface area contributed by atoms with Crippen molar-refractivity contribution in [2.24, 2.45) is 0 Å². The van der Waals surface area contributed by atoms with E-state index in [1.807, 2.05) is 34.8 Å². The van der Waals surface area contributed by atoms with Crippen LogP contribution in [0.2, 0.25) is 0 Å². The molecular weight excluding hydrogens is 893 g/mol. The second kappa shape index (κ2) is 15.0. The Morgan fingerprint density at radius 2 is 0.657 bits per heavy atom. The fourth-order valence-corrected chi connectivity index (χ4v) is 14.0. The highest BCUT2D eigenvalue weighted by molar-refractivity contribution is 7.33. The number of aryl methyl sites for hydroxylation is 2. The number of fused-ring (bicyclic) bond motifs is 17. The van der Waals surface area contributed by atoms with Crippen molar-refractivity contribution in [1.82, 2.24) is 0 Å². The van der Waals surface area contributed by atoms with Crippen LogP contribution in [0.4, 0.5) is 34.1 Å². The van der Waals surface area contributed by atoms with Gasteiger partial charge in [-0.25, -0.2) is 0 Å². The number of furan rings is 2. The van der Waals surface area contributed by atoms with Gasteiger partial charge >= 0.3 is 0 Å². The molecule has 70 heavy (non-hydrogen) atoms. The first-order valence-electron chi connectivity index (χ1n) is 23.7. The van der Waals surface area contributed by atoms with Crippen molar-refractivity contribution >= 4 is 163 Å². The van der Waals surface area contributed by atoms with Gasteiger partial charge in [-0.3, -0.25) is 0 Å². The van der Waals surface area contributed by atoms with Crippen LogP contribution in [0.5, 0.6) is 0 Å². The van der Waals surface area contributed by atoms with E-state index in [0.717, 1.165) is 78.0 Å². The maximum Gasteiger partial charge on any atom is 0.159 e. The summed E-state index contributed by atoms with van der Waals surface area (Å²) in [5.74, 6) is 0. The van der Waals surface area contributed by atoms with Crippen LogP contribution in [0, 0.1) is 13.8 Å². The first-order chi connectivity index (χ1) is 34.6. The summed E-state index contributed by atoms with van der Waals surface area (Å²) in [4.78, 5) is 4.86. The monoisotopic (exact) mass is 932 g/mol. The fraction of sp³-hybridized carbons (Fsp3) is 0.0312. The molecule has 4 heterocycles. The van der Waals surface area contributed by atoms with Gasteiger partial charge in [0.2, 0.25) is 0 Å². The average molecular weight is 933 g/mol. The lowest BCUT2D eigenvalue weighted by molar-refractivity contribution is 0.668. The lowest BCUT2D eigenvalue weighted by Gasteiger charge is -2.28. The summed E-state index contributed by atoms with van der Waals surface area (Å²) < 4.78 is 18.7. The quantitative estimate of drug-likeness (QED) is 0.166. The molecule has 0 N–H and O–H groups in total. The van der Waals surface area contributed by atoms with Gasteiger partial charge in [-0.05, 0) is 84.3 Å². The van der Waals surface area contributed by atoms with E-state index in [1.165, 1.54) is 73.0 Å². The number of anilines is 6. The van der Waals surface area contributed by atoms with Gasteiger partial charge in [0.15, 0.2) is 11.2 Å². The molecule has 15 aromatic rings. The molecule has 11 aromatic carbocycles. The minimum absolute atomic E-state index is 0.876. The number of rotatable bonds is 6. The highest BCUT2D eigenvalue weighted by Crippen LogP contribution is 2.54. The topological polar surface area (TPSA) is 32.8 Å². The number of benzene rings is 11. The molecule has 15 rings (SSSR count). The van der Waals surface area contributed by atoms with Gasteiger partial charge in [0.1, 0.15) is 11.2 Å². The van der Waals surface area contributed by atoms with Crippen molar-refractivity contribution in [3.8, 4) is 0 Å². The lowest BCUT2D eigenvalue weighted by atomic mass is 9.98. The van der Waals surface area contributed by atoms with E-state index in [-0.39, 0.29) is 0 Å². The van der Waals surface area contributed by atoms with Gasteiger partial charge in [-0.1, -0.05) is 158 Å². The molecule has 4 nitrogen and oxygen atoms in total. The number of nitrogens with zero attached hydrogens (tertiary/aromatic N) is 2. The molecule has 0 amide bonds. The minimum Gasteiger partial charge on any atom is -0.454 e. The van der Waals surface area contributed by atoms with Crippen LogP contribution in [-0.2, 0) is 0 Å². The third-order valence-electron chi connectivity index (χ3n) is 14.5. The predicted molar refractivity (Wildman–Crippen MR) is 301 cm³/mol. The Bertz CT molecular complexity index is 4370. The van der Waals surface area contributed by atoms with E-state index in [9.17, 15) is 0 Å². The fourth-order valence-electron chi connectivity index (χ4n) is 11.4. The molecule has 0 spiro atoms. The first-order valence-corrected chi connectivity index (χ1v) is 25.4. The standard InChI is InChI=1S/C64H40N2O2S2/c1-37-17-3-11-27-49(37)65(51-29-15-25-45-41-21-9-13-31-55(41)67-61(45)51)53-35-57-59(43-23-7-5-19-39(43)53)47-33-34-48-60-44-24-8-6-20-40(44)54(36-58(60)70-64(48)63(47)69-57)66(50-28-12-4-18-38(50)2)52-30-16-26-46-42-22-10-14-32-56(42)68-62(46)52/h3-36H,1-2H3. The number of hydrogen-bond donors (Lipinski definition) is 0. The first kappa shape index (κ1) is 39.6. The summed E-state index contributed by atoms with van der Waals surface area (Å²) in [5, 5.41) is 14.4. The molecule has 0 unspecified atom stereocenters. The van der Waals surface area contributed by atoms with Gasteiger partial charge in [0, 0.05) is 74.6 Å². The maximum absolute atomic E-state index is 6.77. The van der Waals surface area contributed by atoms with E-state index in [2.05, 4.69) is 218 Å². The molecular formula is C64H40N2O2S2. The largest absolute Gasteiger partial charge is 0.454 e. The van der Waals surface area contributed by atoms with E-state index in [1.54, 1.807) is 0 Å². The highest BCUT2D eigenvalue weighted by atomic mass is 32.1. The molecule has 0 fully saturated rings. The van der Waals surface area contributed by atoms with Crippen molar-refractivity contribution in [3.63, 3.8) is 0 Å². The smallest absolute Gasteiger partial charge is 0.159 e. The second-order valence-electron chi connectivity index (χ2n) is 18.4. The number of para-hydroxylation sites is 6. The molecule has 0 aliphatic carbocycles. The highest BCUT2D eigenvalue weighted by Gasteiger charge is 2.27. The Kier molecular flexibility index (Phi) is 8.50. The van der Waals surface area contributed by atoms with Crippen LogP contribution in [0.25, 0.3) is 106 Å². The summed E-state index contributed by atoms with van der Waals surface area (Å²) in [5.41, 5.74) is 12.4. The molecule has 0 aliphatic heterocycles. The van der Waals surface area contributed by atoms with Crippen molar-refractivity contribution in [2.45, 2.75) is 13.8 Å². The van der Waals surface area contributed by atoms with Crippen LogP contribution in [0.15, 0.2) is 215 Å². The van der Waals surface area contributed by atoms with E-state index in [0.29, 0.717) is 0 Å². The Labute approximate surface area is 410 Å². The molecule has 330 valence electrons. The van der Waals surface area contributed by atoms with Crippen molar-refractivity contribution in [3.05, 3.63) is 217 Å². The zero-order valence-electron chi connectivity index (χ0n) is 38.2. The zero-order valence-corrected chi connectivity index (χ0v) is 39.8. The summed E-state index contributed by atoms with van der Waals surface area (Å²) in [6, 6.07) is 74.7. The molecule has 0 saturated carbocycles. The average Bonchev–Trinajstić information content (AvgIpc) is 4.18. The van der Waals surface area contributed by atoms with Gasteiger partial charge in [-0.15, -0.1) is 22.7 Å². The molecule has 0 saturated heterocycles. The van der Waals surface area contributed by atoms with Crippen molar-refractivity contribution in [1.29, 1.82) is 0 Å². The minimum atomic E-state index is 0.876. The molecule has 0 aliphatic rings. The van der Waals surface area contributed by atoms with Crippen LogP contribution in [0.3, 0.4) is 0 Å². The number of thiophene rings is 2. The molecule has 6 heteroatoms. The Morgan fingerprint density at radius 3 is 1.10 bits per heavy atom. The lowest BCUT2D eigenvalue weighted by Crippen LogP contribution is -2.12. The summed E-state index contributed by atoms with van der Waals surface area (Å²) >= 11 is 3.81. The normalized spacial score (nSPS) is 12.1. The maximum atomic E-state index is 6.77. The summed E-state index contributed by atoms with van der Waals surface area (Å²) in [6.07, 6.45) is 0. The molecule has 0 radical (unpaired) electrons. The molecule has 0 bridgehead atoms. The Balaban J connectivity index is 0.993. The van der Waals surface area contributed by atoms with E-state index < -0.39 is 0 Å². The van der Waals surface area contributed by atoms with E-state index in [4.69, 9.17) is 8.83 Å². The summed E-state index contributed by atoms with van der Waals surface area (Å²) in [6.45, 7) is 4.40. The third-order valence-corrected chi connectivity index (χ3v) is 17.0. The van der Waals surface area contributed by atoms with Crippen LogP contribution in [0.1, 0.15) is 11.1 Å². The van der Waals surface area contributed by atoms with Crippen molar-refractivity contribution < 1.29 is 8.83 Å². The van der Waals surface area contributed by atoms with Gasteiger partial charge in [0.05, 0.1) is 32.1 Å². The Hall–Kier alpha value is -8.42. The predicted octanol–water partition coefficient (Wildman–Crippen LogP) is 20.1. The van der Waals surface area contributed by atoms with E-state index >= 15 is 0 Å². The van der Waals surface area contributed by atoms with Crippen LogP contribution < -0.4 is 9.80 Å². The second-order valence-corrected chi connectivity index (χ2v) is 20.5. The van der Waals surface area contributed by atoms with Gasteiger partial charge < -0.3 is 18.6 Å². The zero-order chi connectivity index (χ0) is 46.2. The van der Waals surface area contributed by atoms with Gasteiger partial charge in [0.25, 0.3) is 0 Å². The van der Waals surface area contributed by atoms with Crippen LogP contribution >= 0.6 is 22.7 Å². The molecule has 4 aromatic heterocycles.